The molecule has 1 saturated heterocycles. The van der Waals surface area contributed by atoms with Crippen molar-refractivity contribution >= 4 is 16.0 Å². The molecule has 1 fully saturated rings. The lowest BCUT2D eigenvalue weighted by molar-refractivity contribution is 0.275. The number of hydrogen-bond donors (Lipinski definition) is 2. The molecule has 2 rings (SSSR count). The Bertz CT molecular complexity index is 795. The van der Waals surface area contributed by atoms with Gasteiger partial charge in [0, 0.05) is 26.2 Å². The third-order valence-corrected chi connectivity index (χ3v) is 6.39. The number of piperidine rings is 1. The summed E-state index contributed by atoms with van der Waals surface area (Å²) in [6.45, 7) is 5.10. The van der Waals surface area contributed by atoms with Gasteiger partial charge in [-0.3, -0.25) is 0 Å². The Morgan fingerprint density at radius 1 is 1.10 bits per heavy atom. The van der Waals surface area contributed by atoms with Crippen LogP contribution in [-0.4, -0.2) is 72.4 Å². The maximum Gasteiger partial charge on any atom is 0.211 e. The van der Waals surface area contributed by atoms with Gasteiger partial charge in [-0.1, -0.05) is 0 Å². The van der Waals surface area contributed by atoms with Crippen LogP contribution in [0.3, 0.4) is 0 Å². The van der Waals surface area contributed by atoms with Crippen LogP contribution in [0.4, 0.5) is 0 Å². The van der Waals surface area contributed by atoms with Crippen LogP contribution in [-0.2, 0) is 16.6 Å². The monoisotopic (exact) mass is 442 g/mol. The first-order valence-corrected chi connectivity index (χ1v) is 11.9. The standard InChI is InChI=1S/C20H34N4O5S/c1-6-21-20(22-13-15-7-9-24(10-8-15)30(5,25)26)23-14-16-11-17(27-2)19(29-4)18(12-16)28-3/h11-12,15H,6-10,13-14H2,1-5H3,(H2,21,22,23). The number of rotatable bonds is 9. The number of guanidine groups is 1. The van der Waals surface area contributed by atoms with Crippen molar-refractivity contribution in [1.82, 2.24) is 14.9 Å². The topological polar surface area (TPSA) is 101 Å². The van der Waals surface area contributed by atoms with Crippen LogP contribution < -0.4 is 24.8 Å². The molecule has 1 aliphatic heterocycles. The van der Waals surface area contributed by atoms with E-state index in [0.717, 1.165) is 37.5 Å². The minimum absolute atomic E-state index is 0.410. The number of ether oxygens (including phenoxy) is 3. The van der Waals surface area contributed by atoms with E-state index in [9.17, 15) is 8.42 Å². The summed E-state index contributed by atoms with van der Waals surface area (Å²) in [6.07, 6.45) is 2.95. The second kappa shape index (κ2) is 11.3. The highest BCUT2D eigenvalue weighted by Gasteiger charge is 2.24. The smallest absolute Gasteiger partial charge is 0.211 e. The summed E-state index contributed by atoms with van der Waals surface area (Å²) < 4.78 is 41.0. The summed E-state index contributed by atoms with van der Waals surface area (Å²) in [6, 6.07) is 3.77. The maximum atomic E-state index is 11.7. The number of sulfonamides is 1. The average Bonchev–Trinajstić information content (AvgIpc) is 2.74. The Balaban J connectivity index is 2.00. The zero-order valence-electron chi connectivity index (χ0n) is 18.5. The molecule has 0 unspecified atom stereocenters. The Kier molecular flexibility index (Phi) is 9.04. The number of benzene rings is 1. The minimum Gasteiger partial charge on any atom is -0.493 e. The molecule has 0 bridgehead atoms. The molecule has 0 radical (unpaired) electrons. The normalized spacial score (nSPS) is 16.2. The number of nitrogens with zero attached hydrogens (tertiary/aromatic N) is 2. The highest BCUT2D eigenvalue weighted by atomic mass is 32.2. The van der Waals surface area contributed by atoms with Crippen molar-refractivity contribution in [2.75, 3.05) is 53.8 Å². The van der Waals surface area contributed by atoms with E-state index in [-0.39, 0.29) is 0 Å². The highest BCUT2D eigenvalue weighted by molar-refractivity contribution is 7.88. The van der Waals surface area contributed by atoms with Crippen molar-refractivity contribution in [3.63, 3.8) is 0 Å². The van der Waals surface area contributed by atoms with Crippen LogP contribution in [0.1, 0.15) is 25.3 Å². The largest absolute Gasteiger partial charge is 0.493 e. The van der Waals surface area contributed by atoms with E-state index >= 15 is 0 Å². The number of aliphatic imine (C=N–C) groups is 1. The summed E-state index contributed by atoms with van der Waals surface area (Å²) in [5.41, 5.74) is 0.933. The lowest BCUT2D eigenvalue weighted by Crippen LogP contribution is -2.44. The van der Waals surface area contributed by atoms with Crippen molar-refractivity contribution in [2.24, 2.45) is 10.9 Å². The van der Waals surface area contributed by atoms with E-state index in [2.05, 4.69) is 15.6 Å². The third kappa shape index (κ3) is 6.66. The molecular formula is C20H34N4O5S. The second-order valence-electron chi connectivity index (χ2n) is 7.22. The van der Waals surface area contributed by atoms with Gasteiger partial charge in [0.1, 0.15) is 0 Å². The number of hydrogen-bond acceptors (Lipinski definition) is 6. The molecule has 0 saturated carbocycles. The Hall–Kier alpha value is -2.20. The second-order valence-corrected chi connectivity index (χ2v) is 9.20. The molecule has 0 atom stereocenters. The predicted octanol–water partition coefficient (Wildman–Crippen LogP) is 1.44. The molecule has 0 spiro atoms. The molecular weight excluding hydrogens is 408 g/mol. The van der Waals surface area contributed by atoms with Crippen molar-refractivity contribution in [1.29, 1.82) is 0 Å². The lowest BCUT2D eigenvalue weighted by atomic mass is 9.98. The summed E-state index contributed by atoms with van der Waals surface area (Å²) >= 11 is 0. The van der Waals surface area contributed by atoms with Crippen molar-refractivity contribution < 1.29 is 22.6 Å². The Morgan fingerprint density at radius 3 is 2.17 bits per heavy atom. The maximum absolute atomic E-state index is 11.7. The first-order valence-electron chi connectivity index (χ1n) is 10.1. The molecule has 9 nitrogen and oxygen atoms in total. The fourth-order valence-electron chi connectivity index (χ4n) is 3.42. The fourth-order valence-corrected chi connectivity index (χ4v) is 4.30. The molecule has 0 aromatic heterocycles. The van der Waals surface area contributed by atoms with Crippen molar-refractivity contribution in [3.8, 4) is 17.2 Å². The van der Waals surface area contributed by atoms with E-state index in [1.807, 2.05) is 19.1 Å². The molecule has 1 aliphatic rings. The van der Waals surface area contributed by atoms with Crippen LogP contribution in [0, 0.1) is 5.92 Å². The average molecular weight is 443 g/mol. The molecule has 170 valence electrons. The Morgan fingerprint density at radius 2 is 1.70 bits per heavy atom. The summed E-state index contributed by atoms with van der Waals surface area (Å²) in [5, 5.41) is 6.63. The number of methoxy groups -OCH3 is 3. The molecule has 30 heavy (non-hydrogen) atoms. The van der Waals surface area contributed by atoms with Gasteiger partial charge in [-0.05, 0) is 43.4 Å². The molecule has 0 amide bonds. The van der Waals surface area contributed by atoms with E-state index in [1.165, 1.54) is 6.26 Å². The van der Waals surface area contributed by atoms with E-state index < -0.39 is 10.0 Å². The predicted molar refractivity (Wildman–Crippen MR) is 118 cm³/mol. The van der Waals surface area contributed by atoms with Crippen LogP contribution in [0.15, 0.2) is 17.1 Å². The molecule has 0 aliphatic carbocycles. The van der Waals surface area contributed by atoms with E-state index in [0.29, 0.717) is 42.8 Å². The number of nitrogens with one attached hydrogen (secondary N) is 2. The third-order valence-electron chi connectivity index (χ3n) is 5.09. The molecule has 10 heteroatoms. The highest BCUT2D eigenvalue weighted by Crippen LogP contribution is 2.38. The quantitative estimate of drug-likeness (QED) is 0.441. The van der Waals surface area contributed by atoms with Gasteiger partial charge in [0.05, 0.1) is 34.1 Å². The first kappa shape index (κ1) is 24.1. The van der Waals surface area contributed by atoms with Crippen LogP contribution >= 0.6 is 0 Å². The van der Waals surface area contributed by atoms with Gasteiger partial charge >= 0.3 is 0 Å². The molecule has 1 heterocycles. The van der Waals surface area contributed by atoms with Crippen LogP contribution in [0.25, 0.3) is 0 Å². The lowest BCUT2D eigenvalue weighted by Gasteiger charge is -2.30. The SMILES string of the molecule is CCNC(=NCc1cc(OC)c(OC)c(OC)c1)NCC1CCN(S(C)(=O)=O)CC1. The summed E-state index contributed by atoms with van der Waals surface area (Å²) in [5.74, 6) is 2.87. The van der Waals surface area contributed by atoms with E-state index in [1.54, 1.807) is 25.6 Å². The minimum atomic E-state index is -3.10. The Labute approximate surface area is 179 Å². The van der Waals surface area contributed by atoms with Crippen LogP contribution in [0.2, 0.25) is 0 Å². The zero-order valence-corrected chi connectivity index (χ0v) is 19.3. The zero-order chi connectivity index (χ0) is 22.1. The summed E-state index contributed by atoms with van der Waals surface area (Å²) in [7, 11) is 1.65. The van der Waals surface area contributed by atoms with Gasteiger partial charge in [-0.15, -0.1) is 0 Å². The molecule has 2 N–H and O–H groups in total. The van der Waals surface area contributed by atoms with Crippen molar-refractivity contribution in [3.05, 3.63) is 17.7 Å². The van der Waals surface area contributed by atoms with E-state index in [4.69, 9.17) is 14.2 Å². The fraction of sp³-hybridized carbons (Fsp3) is 0.650. The molecule has 1 aromatic rings. The van der Waals surface area contributed by atoms with Gasteiger partial charge < -0.3 is 24.8 Å². The van der Waals surface area contributed by atoms with Gasteiger partial charge in [0.15, 0.2) is 17.5 Å². The summed E-state index contributed by atoms with van der Waals surface area (Å²) in [4.78, 5) is 4.66. The molecule has 1 aromatic carbocycles. The van der Waals surface area contributed by atoms with Gasteiger partial charge in [0.25, 0.3) is 0 Å². The van der Waals surface area contributed by atoms with Gasteiger partial charge in [-0.2, -0.15) is 0 Å². The van der Waals surface area contributed by atoms with Crippen molar-refractivity contribution in [2.45, 2.75) is 26.3 Å². The van der Waals surface area contributed by atoms with Crippen LogP contribution in [0.5, 0.6) is 17.2 Å². The van der Waals surface area contributed by atoms with Gasteiger partial charge in [-0.25, -0.2) is 17.7 Å². The first-order chi connectivity index (χ1) is 14.3. The van der Waals surface area contributed by atoms with Gasteiger partial charge in [0.2, 0.25) is 15.8 Å².